The van der Waals surface area contributed by atoms with Crippen molar-refractivity contribution in [1.82, 2.24) is 0 Å². The average molecular weight is 309 g/mol. The zero-order chi connectivity index (χ0) is 14.9. The van der Waals surface area contributed by atoms with Gasteiger partial charge in [-0.2, -0.15) is 0 Å². The molecule has 2 rings (SSSR count). The quantitative estimate of drug-likeness (QED) is 0.875. The van der Waals surface area contributed by atoms with Crippen LogP contribution in [0.4, 0.5) is 0 Å². The second-order valence-corrected chi connectivity index (χ2v) is 5.58. The number of rotatable bonds is 3. The monoisotopic (exact) mass is 308 g/mol. The van der Waals surface area contributed by atoms with Gasteiger partial charge in [0.05, 0.1) is 5.56 Å². The molecule has 1 N–H and O–H groups in total. The molecule has 20 heavy (non-hydrogen) atoms. The lowest BCUT2D eigenvalue weighted by molar-refractivity contribution is 0.0696. The number of hydrogen-bond acceptors (Lipinski definition) is 1. The molecule has 0 saturated heterocycles. The van der Waals surface area contributed by atoms with E-state index in [1.165, 1.54) is 0 Å². The minimum absolute atomic E-state index is 0.282. The third kappa shape index (κ3) is 2.97. The van der Waals surface area contributed by atoms with Gasteiger partial charge >= 0.3 is 5.97 Å². The lowest BCUT2D eigenvalue weighted by Gasteiger charge is -2.12. The molecule has 2 aromatic carbocycles. The summed E-state index contributed by atoms with van der Waals surface area (Å²) in [5, 5.41) is 10.4. The number of benzene rings is 2. The van der Waals surface area contributed by atoms with Crippen LogP contribution in [-0.4, -0.2) is 11.1 Å². The maximum absolute atomic E-state index is 11.3. The van der Waals surface area contributed by atoms with Gasteiger partial charge in [-0.05, 0) is 42.7 Å². The summed E-state index contributed by atoms with van der Waals surface area (Å²) < 4.78 is 0. The minimum Gasteiger partial charge on any atom is -0.478 e. The zero-order valence-electron chi connectivity index (χ0n) is 11.2. The second-order valence-electron chi connectivity index (χ2n) is 4.80. The van der Waals surface area contributed by atoms with Crippen molar-refractivity contribution in [2.45, 2.75) is 20.3 Å². The zero-order valence-corrected chi connectivity index (χ0v) is 12.7. The number of carboxylic acids is 1. The average Bonchev–Trinajstić information content (AvgIpc) is 2.39. The van der Waals surface area contributed by atoms with E-state index < -0.39 is 5.97 Å². The molecule has 0 atom stereocenters. The van der Waals surface area contributed by atoms with Gasteiger partial charge in [-0.15, -0.1) is 0 Å². The number of carbonyl (C=O) groups is 1. The molecule has 2 nitrogen and oxygen atoms in total. The molecule has 0 amide bonds. The van der Waals surface area contributed by atoms with Gasteiger partial charge in [-0.1, -0.05) is 47.0 Å². The van der Waals surface area contributed by atoms with Crippen molar-refractivity contribution in [3.63, 3.8) is 0 Å². The molecule has 0 saturated carbocycles. The highest BCUT2D eigenvalue weighted by molar-refractivity contribution is 6.36. The van der Waals surface area contributed by atoms with Crippen molar-refractivity contribution >= 4 is 29.2 Å². The van der Waals surface area contributed by atoms with Crippen molar-refractivity contribution in [1.29, 1.82) is 0 Å². The number of aromatic carboxylic acids is 1. The third-order valence-electron chi connectivity index (χ3n) is 3.24. The molecular formula is C16H14Cl2O2. The summed E-state index contributed by atoms with van der Waals surface area (Å²) in [7, 11) is 0. The number of aryl methyl sites for hydroxylation is 2. The van der Waals surface area contributed by atoms with E-state index >= 15 is 0 Å². The van der Waals surface area contributed by atoms with Gasteiger partial charge in [0.25, 0.3) is 0 Å². The van der Waals surface area contributed by atoms with Crippen LogP contribution >= 0.6 is 23.2 Å². The van der Waals surface area contributed by atoms with Crippen LogP contribution in [0.3, 0.4) is 0 Å². The highest BCUT2D eigenvalue weighted by Crippen LogP contribution is 2.30. The normalized spacial score (nSPS) is 10.6. The molecule has 104 valence electrons. The molecule has 4 heteroatoms. The van der Waals surface area contributed by atoms with E-state index in [9.17, 15) is 9.90 Å². The summed E-state index contributed by atoms with van der Waals surface area (Å²) in [5.41, 5.74) is 3.69. The molecule has 0 aliphatic rings. The van der Waals surface area contributed by atoms with Gasteiger partial charge in [-0.25, -0.2) is 4.79 Å². The maximum Gasteiger partial charge on any atom is 0.335 e. The summed E-state index contributed by atoms with van der Waals surface area (Å²) in [6.07, 6.45) is 0.405. The Bertz CT molecular complexity index is 678. The Morgan fingerprint density at radius 3 is 2.50 bits per heavy atom. The van der Waals surface area contributed by atoms with E-state index in [0.717, 1.165) is 16.7 Å². The van der Waals surface area contributed by atoms with E-state index in [4.69, 9.17) is 23.2 Å². The summed E-state index contributed by atoms with van der Waals surface area (Å²) in [4.78, 5) is 11.3. The Hall–Kier alpha value is -1.51. The third-order valence-corrected chi connectivity index (χ3v) is 4.12. The fourth-order valence-corrected chi connectivity index (χ4v) is 2.65. The summed E-state index contributed by atoms with van der Waals surface area (Å²) in [6.45, 7) is 3.82. The highest BCUT2D eigenvalue weighted by Gasteiger charge is 2.15. The summed E-state index contributed by atoms with van der Waals surface area (Å²) in [5.74, 6) is -0.945. The first-order chi connectivity index (χ1) is 9.40. The van der Waals surface area contributed by atoms with E-state index in [2.05, 4.69) is 0 Å². The molecule has 0 aliphatic heterocycles. The molecule has 0 fully saturated rings. The van der Waals surface area contributed by atoms with Crippen molar-refractivity contribution in [3.8, 4) is 0 Å². The van der Waals surface area contributed by atoms with Gasteiger partial charge in [0.1, 0.15) is 0 Å². The van der Waals surface area contributed by atoms with Crippen LogP contribution < -0.4 is 0 Å². The van der Waals surface area contributed by atoms with Gasteiger partial charge in [0.15, 0.2) is 0 Å². The Labute approximate surface area is 128 Å². The molecule has 2 aromatic rings. The fraction of sp³-hybridized carbons (Fsp3) is 0.188. The van der Waals surface area contributed by atoms with Gasteiger partial charge < -0.3 is 5.11 Å². The fourth-order valence-electron chi connectivity index (χ4n) is 2.14. The standard InChI is InChI=1S/C16H14Cl2O2/c1-9-3-5-12(16(19)20)11(7-9)8-13-14(17)6-4-10(2)15(13)18/h3-7H,8H2,1-2H3,(H,19,20). The molecule has 0 heterocycles. The van der Waals surface area contributed by atoms with Gasteiger partial charge in [0.2, 0.25) is 0 Å². The first kappa shape index (κ1) is 14.9. The van der Waals surface area contributed by atoms with Crippen LogP contribution in [-0.2, 0) is 6.42 Å². The van der Waals surface area contributed by atoms with Crippen molar-refractivity contribution in [2.75, 3.05) is 0 Å². The Balaban J connectivity index is 2.53. The number of hydrogen-bond donors (Lipinski definition) is 1. The topological polar surface area (TPSA) is 37.3 Å². The smallest absolute Gasteiger partial charge is 0.335 e. The molecule has 0 aliphatic carbocycles. The van der Waals surface area contributed by atoms with Crippen molar-refractivity contribution in [3.05, 3.63) is 68.2 Å². The first-order valence-electron chi connectivity index (χ1n) is 6.16. The number of halogens is 2. The molecule has 0 bridgehead atoms. The van der Waals surface area contributed by atoms with E-state index in [0.29, 0.717) is 22.0 Å². The molecule has 0 spiro atoms. The maximum atomic E-state index is 11.3. The van der Waals surface area contributed by atoms with Crippen LogP contribution in [0.5, 0.6) is 0 Å². The van der Waals surface area contributed by atoms with E-state index in [1.54, 1.807) is 18.2 Å². The minimum atomic E-state index is -0.945. The van der Waals surface area contributed by atoms with Crippen molar-refractivity contribution in [2.24, 2.45) is 0 Å². The second kappa shape index (κ2) is 5.86. The van der Waals surface area contributed by atoms with E-state index in [1.807, 2.05) is 26.0 Å². The van der Waals surface area contributed by atoms with Crippen LogP contribution in [0.25, 0.3) is 0 Å². The molecule has 0 radical (unpaired) electrons. The summed E-state index contributed by atoms with van der Waals surface area (Å²) in [6, 6.07) is 8.90. The molecule has 0 unspecified atom stereocenters. The van der Waals surface area contributed by atoms with Crippen LogP contribution in [0, 0.1) is 13.8 Å². The Morgan fingerprint density at radius 1 is 1.15 bits per heavy atom. The predicted molar refractivity (Wildman–Crippen MR) is 82.1 cm³/mol. The SMILES string of the molecule is Cc1ccc(C(=O)O)c(Cc2c(Cl)ccc(C)c2Cl)c1. The lowest BCUT2D eigenvalue weighted by Crippen LogP contribution is -2.04. The largest absolute Gasteiger partial charge is 0.478 e. The highest BCUT2D eigenvalue weighted by atomic mass is 35.5. The van der Waals surface area contributed by atoms with Crippen LogP contribution in [0.15, 0.2) is 30.3 Å². The summed E-state index contributed by atoms with van der Waals surface area (Å²) >= 11 is 12.5. The lowest BCUT2D eigenvalue weighted by atomic mass is 9.97. The molecular weight excluding hydrogens is 295 g/mol. The van der Waals surface area contributed by atoms with Gasteiger partial charge in [-0.3, -0.25) is 0 Å². The molecule has 0 aromatic heterocycles. The van der Waals surface area contributed by atoms with Crippen LogP contribution in [0.2, 0.25) is 10.0 Å². The van der Waals surface area contributed by atoms with E-state index in [-0.39, 0.29) is 5.56 Å². The number of carboxylic acid groups (broad SMARTS) is 1. The Kier molecular flexibility index (Phi) is 4.36. The Morgan fingerprint density at radius 2 is 1.85 bits per heavy atom. The van der Waals surface area contributed by atoms with Gasteiger partial charge in [0, 0.05) is 16.5 Å². The van der Waals surface area contributed by atoms with Crippen molar-refractivity contribution < 1.29 is 9.90 Å². The van der Waals surface area contributed by atoms with Crippen LogP contribution in [0.1, 0.15) is 32.6 Å². The first-order valence-corrected chi connectivity index (χ1v) is 6.92. The predicted octanol–water partition coefficient (Wildman–Crippen LogP) is 4.90.